The highest BCUT2D eigenvalue weighted by molar-refractivity contribution is 5.32. The van der Waals surface area contributed by atoms with E-state index in [-0.39, 0.29) is 0 Å². The lowest BCUT2D eigenvalue weighted by atomic mass is 9.88. The number of nitrogens with one attached hydrogen (secondary N) is 1. The predicted molar refractivity (Wildman–Crippen MR) is 84.3 cm³/mol. The largest absolute Gasteiger partial charge is 0.497 e. The molecule has 2 aromatic rings. The zero-order valence-corrected chi connectivity index (χ0v) is 12.5. The first-order chi connectivity index (χ1) is 9.76. The van der Waals surface area contributed by atoms with Gasteiger partial charge in [-0.3, -0.25) is 0 Å². The topological polar surface area (TPSA) is 21.3 Å². The van der Waals surface area contributed by atoms with E-state index in [9.17, 15) is 0 Å². The van der Waals surface area contributed by atoms with Gasteiger partial charge < -0.3 is 10.1 Å². The van der Waals surface area contributed by atoms with Crippen molar-refractivity contribution in [2.45, 2.75) is 25.8 Å². The molecule has 0 radical (unpaired) electrons. The van der Waals surface area contributed by atoms with E-state index in [1.54, 1.807) is 7.11 Å². The van der Waals surface area contributed by atoms with E-state index in [1.807, 2.05) is 12.1 Å². The quantitative estimate of drug-likeness (QED) is 0.850. The third-order valence-corrected chi connectivity index (χ3v) is 3.72. The summed E-state index contributed by atoms with van der Waals surface area (Å²) >= 11 is 0. The number of ether oxygens (including phenoxy) is 1. The van der Waals surface area contributed by atoms with Gasteiger partial charge in [0, 0.05) is 12.0 Å². The Morgan fingerprint density at radius 2 is 1.60 bits per heavy atom. The second-order valence-electron chi connectivity index (χ2n) is 5.01. The minimum Gasteiger partial charge on any atom is -0.497 e. The number of hydrogen-bond acceptors (Lipinski definition) is 2. The molecule has 20 heavy (non-hydrogen) atoms. The predicted octanol–water partition coefficient (Wildman–Crippen LogP) is 4.15. The van der Waals surface area contributed by atoms with E-state index in [0.717, 1.165) is 12.3 Å². The van der Waals surface area contributed by atoms with Crippen LogP contribution >= 0.6 is 0 Å². The standard InChI is InChI=1S/C18H23NO/c1-4-19-18(14(2)15-8-6-5-7-9-15)16-10-12-17(20-3)13-11-16/h5-14,18-19H,4H2,1-3H3. The Labute approximate surface area is 121 Å². The van der Waals surface area contributed by atoms with E-state index in [4.69, 9.17) is 4.74 Å². The van der Waals surface area contributed by atoms with Crippen LogP contribution in [-0.4, -0.2) is 13.7 Å². The summed E-state index contributed by atoms with van der Waals surface area (Å²) in [6.07, 6.45) is 0. The van der Waals surface area contributed by atoms with Crippen molar-refractivity contribution in [2.75, 3.05) is 13.7 Å². The molecule has 0 spiro atoms. The number of likely N-dealkylation sites (N-methyl/N-ethyl adjacent to an activating group) is 1. The third kappa shape index (κ3) is 3.40. The molecule has 2 rings (SSSR count). The van der Waals surface area contributed by atoms with E-state index in [0.29, 0.717) is 12.0 Å². The Kier molecular flexibility index (Phi) is 5.19. The summed E-state index contributed by atoms with van der Waals surface area (Å²) < 4.78 is 5.23. The second-order valence-corrected chi connectivity index (χ2v) is 5.01. The molecule has 0 aliphatic rings. The molecule has 0 bridgehead atoms. The maximum atomic E-state index is 5.23. The highest BCUT2D eigenvalue weighted by Gasteiger charge is 2.19. The first-order valence-corrected chi connectivity index (χ1v) is 7.18. The van der Waals surface area contributed by atoms with E-state index in [2.05, 4.69) is 61.6 Å². The van der Waals surface area contributed by atoms with Gasteiger partial charge in [-0.1, -0.05) is 56.3 Å². The fourth-order valence-electron chi connectivity index (χ4n) is 2.56. The van der Waals surface area contributed by atoms with Gasteiger partial charge in [-0.25, -0.2) is 0 Å². The molecule has 2 unspecified atom stereocenters. The molecule has 0 fully saturated rings. The lowest BCUT2D eigenvalue weighted by Crippen LogP contribution is -2.25. The molecule has 0 saturated carbocycles. The number of hydrogen-bond donors (Lipinski definition) is 1. The average Bonchev–Trinajstić information content (AvgIpc) is 2.53. The summed E-state index contributed by atoms with van der Waals surface area (Å²) in [6.45, 7) is 5.37. The van der Waals surface area contributed by atoms with Gasteiger partial charge in [0.2, 0.25) is 0 Å². The van der Waals surface area contributed by atoms with Crippen molar-refractivity contribution in [1.29, 1.82) is 0 Å². The SMILES string of the molecule is CCNC(c1ccc(OC)cc1)C(C)c1ccccc1. The van der Waals surface area contributed by atoms with Crippen LogP contribution in [-0.2, 0) is 0 Å². The first kappa shape index (κ1) is 14.6. The lowest BCUT2D eigenvalue weighted by Gasteiger charge is -2.26. The van der Waals surface area contributed by atoms with Crippen LogP contribution in [0.5, 0.6) is 5.75 Å². The normalized spacial score (nSPS) is 13.8. The minimum atomic E-state index is 0.313. The van der Waals surface area contributed by atoms with E-state index < -0.39 is 0 Å². The van der Waals surface area contributed by atoms with Gasteiger partial charge in [-0.15, -0.1) is 0 Å². The van der Waals surface area contributed by atoms with Crippen LogP contribution in [0.2, 0.25) is 0 Å². The highest BCUT2D eigenvalue weighted by atomic mass is 16.5. The number of methoxy groups -OCH3 is 1. The van der Waals surface area contributed by atoms with Gasteiger partial charge in [0.1, 0.15) is 5.75 Å². The molecule has 106 valence electrons. The molecule has 0 aliphatic heterocycles. The molecule has 1 N–H and O–H groups in total. The Bertz CT molecular complexity index is 507. The van der Waals surface area contributed by atoms with Crippen molar-refractivity contribution in [3.63, 3.8) is 0 Å². The van der Waals surface area contributed by atoms with Crippen LogP contribution in [0.25, 0.3) is 0 Å². The molecule has 2 aromatic carbocycles. The number of rotatable bonds is 6. The van der Waals surface area contributed by atoms with E-state index in [1.165, 1.54) is 11.1 Å². The van der Waals surface area contributed by atoms with Crippen molar-refractivity contribution >= 4 is 0 Å². The molecule has 0 saturated heterocycles. The van der Waals surface area contributed by atoms with Crippen molar-refractivity contribution in [2.24, 2.45) is 0 Å². The lowest BCUT2D eigenvalue weighted by molar-refractivity contribution is 0.413. The van der Waals surface area contributed by atoms with Gasteiger partial charge in [-0.05, 0) is 29.8 Å². The Balaban J connectivity index is 2.25. The Morgan fingerprint density at radius 3 is 2.15 bits per heavy atom. The molecular formula is C18H23NO. The van der Waals surface area contributed by atoms with Crippen molar-refractivity contribution in [3.05, 3.63) is 65.7 Å². The Morgan fingerprint density at radius 1 is 0.950 bits per heavy atom. The van der Waals surface area contributed by atoms with Crippen LogP contribution < -0.4 is 10.1 Å². The molecule has 0 amide bonds. The van der Waals surface area contributed by atoms with Crippen LogP contribution in [0.4, 0.5) is 0 Å². The molecule has 0 aromatic heterocycles. The maximum absolute atomic E-state index is 5.23. The Hall–Kier alpha value is -1.80. The molecule has 2 nitrogen and oxygen atoms in total. The van der Waals surface area contributed by atoms with Crippen LogP contribution in [0.15, 0.2) is 54.6 Å². The van der Waals surface area contributed by atoms with Gasteiger partial charge >= 0.3 is 0 Å². The van der Waals surface area contributed by atoms with Gasteiger partial charge in [0.15, 0.2) is 0 Å². The van der Waals surface area contributed by atoms with Crippen molar-refractivity contribution < 1.29 is 4.74 Å². The highest BCUT2D eigenvalue weighted by Crippen LogP contribution is 2.31. The second kappa shape index (κ2) is 7.11. The van der Waals surface area contributed by atoms with Gasteiger partial charge in [-0.2, -0.15) is 0 Å². The minimum absolute atomic E-state index is 0.313. The molecule has 2 atom stereocenters. The van der Waals surface area contributed by atoms with Crippen LogP contribution in [0.3, 0.4) is 0 Å². The van der Waals surface area contributed by atoms with Gasteiger partial charge in [0.25, 0.3) is 0 Å². The molecule has 0 aliphatic carbocycles. The molecule has 0 heterocycles. The summed E-state index contributed by atoms with van der Waals surface area (Å²) in [4.78, 5) is 0. The van der Waals surface area contributed by atoms with Crippen LogP contribution in [0.1, 0.15) is 36.9 Å². The summed E-state index contributed by atoms with van der Waals surface area (Å²) in [5.41, 5.74) is 2.65. The maximum Gasteiger partial charge on any atom is 0.118 e. The van der Waals surface area contributed by atoms with Crippen molar-refractivity contribution in [3.8, 4) is 5.75 Å². The van der Waals surface area contributed by atoms with E-state index >= 15 is 0 Å². The average molecular weight is 269 g/mol. The fraction of sp³-hybridized carbons (Fsp3) is 0.333. The van der Waals surface area contributed by atoms with Crippen molar-refractivity contribution in [1.82, 2.24) is 5.32 Å². The third-order valence-electron chi connectivity index (χ3n) is 3.72. The number of benzene rings is 2. The summed E-state index contributed by atoms with van der Waals surface area (Å²) in [5, 5.41) is 3.59. The zero-order valence-electron chi connectivity index (χ0n) is 12.5. The molecule has 2 heteroatoms. The first-order valence-electron chi connectivity index (χ1n) is 7.18. The molecular weight excluding hydrogens is 246 g/mol. The monoisotopic (exact) mass is 269 g/mol. The van der Waals surface area contributed by atoms with Gasteiger partial charge in [0.05, 0.1) is 7.11 Å². The fourth-order valence-corrected chi connectivity index (χ4v) is 2.56. The smallest absolute Gasteiger partial charge is 0.118 e. The summed E-state index contributed by atoms with van der Waals surface area (Å²) in [6, 6.07) is 19.3. The summed E-state index contributed by atoms with van der Waals surface area (Å²) in [7, 11) is 1.70. The van der Waals surface area contributed by atoms with Crippen LogP contribution in [0, 0.1) is 0 Å². The summed E-state index contributed by atoms with van der Waals surface area (Å²) in [5.74, 6) is 1.32. The zero-order chi connectivity index (χ0) is 14.4.